The summed E-state index contributed by atoms with van der Waals surface area (Å²) < 4.78 is 19.7. The van der Waals surface area contributed by atoms with Gasteiger partial charge in [-0.3, -0.25) is 19.7 Å². The number of benzene rings is 2. The minimum atomic E-state index is -1.06. The van der Waals surface area contributed by atoms with E-state index in [1.165, 1.54) is 31.2 Å². The van der Waals surface area contributed by atoms with Crippen molar-refractivity contribution in [2.24, 2.45) is 0 Å². The Morgan fingerprint density at radius 1 is 1.39 bits per heavy atom. The molecule has 0 bridgehead atoms. The molecule has 146 valence electrons. The van der Waals surface area contributed by atoms with Gasteiger partial charge in [-0.05, 0) is 31.0 Å². The fourth-order valence-electron chi connectivity index (χ4n) is 3.12. The van der Waals surface area contributed by atoms with E-state index in [9.17, 15) is 24.1 Å². The molecule has 2 atom stereocenters. The molecule has 0 radical (unpaired) electrons. The van der Waals surface area contributed by atoms with Gasteiger partial charge in [-0.1, -0.05) is 18.5 Å². The van der Waals surface area contributed by atoms with E-state index >= 15 is 0 Å². The van der Waals surface area contributed by atoms with Gasteiger partial charge >= 0.3 is 0 Å². The highest BCUT2D eigenvalue weighted by Crippen LogP contribution is 2.40. The summed E-state index contributed by atoms with van der Waals surface area (Å²) in [6.45, 7) is 3.19. The maximum Gasteiger partial charge on any atom is 0.271 e. The van der Waals surface area contributed by atoms with Crippen LogP contribution in [-0.2, 0) is 4.79 Å². The number of nitrogens with zero attached hydrogens (tertiary/aromatic N) is 1. The van der Waals surface area contributed by atoms with Gasteiger partial charge in [0, 0.05) is 24.1 Å². The Morgan fingerprint density at radius 3 is 2.79 bits per heavy atom. The molecule has 0 saturated carbocycles. The first-order chi connectivity index (χ1) is 13.2. The number of hydrogen-bond acceptors (Lipinski definition) is 5. The maximum absolute atomic E-state index is 14.1. The Morgan fingerprint density at radius 2 is 2.11 bits per heavy atom. The van der Waals surface area contributed by atoms with Gasteiger partial charge in [0.25, 0.3) is 11.6 Å². The predicted molar refractivity (Wildman–Crippen MR) is 101 cm³/mol. The van der Waals surface area contributed by atoms with Crippen LogP contribution in [0.5, 0.6) is 5.75 Å². The Balaban J connectivity index is 1.81. The molecular formula is C19H16ClFN2O5. The number of non-ortho nitro benzene ring substituents is 1. The summed E-state index contributed by atoms with van der Waals surface area (Å²) in [5, 5.41) is 13.5. The van der Waals surface area contributed by atoms with Gasteiger partial charge in [-0.25, -0.2) is 4.39 Å². The van der Waals surface area contributed by atoms with Gasteiger partial charge in [0.1, 0.15) is 11.6 Å². The molecule has 0 unspecified atom stereocenters. The SMILES string of the molecule is C[C@H](Oc1ccc(F)c2c1C(=O)C[C@@H]2C)C(=O)Nc1cc([N+](=O)[O-])ccc1Cl. The van der Waals surface area contributed by atoms with Gasteiger partial charge in [-0.2, -0.15) is 0 Å². The number of rotatable bonds is 5. The summed E-state index contributed by atoms with van der Waals surface area (Å²) >= 11 is 5.97. The summed E-state index contributed by atoms with van der Waals surface area (Å²) in [7, 11) is 0. The highest BCUT2D eigenvalue weighted by Gasteiger charge is 2.33. The third-order valence-corrected chi connectivity index (χ3v) is 4.84. The average Bonchev–Trinajstić information content (AvgIpc) is 2.94. The van der Waals surface area contributed by atoms with Gasteiger partial charge in [0.05, 0.1) is 21.2 Å². The second-order valence-corrected chi connectivity index (χ2v) is 6.94. The lowest BCUT2D eigenvalue weighted by Gasteiger charge is -2.17. The van der Waals surface area contributed by atoms with E-state index in [0.29, 0.717) is 0 Å². The smallest absolute Gasteiger partial charge is 0.271 e. The van der Waals surface area contributed by atoms with Gasteiger partial charge in [0.2, 0.25) is 0 Å². The normalized spacial score (nSPS) is 16.4. The zero-order valence-corrected chi connectivity index (χ0v) is 15.7. The third kappa shape index (κ3) is 3.68. The zero-order chi connectivity index (χ0) is 20.6. The van der Waals surface area contributed by atoms with E-state index in [1.54, 1.807) is 6.92 Å². The van der Waals surface area contributed by atoms with Crippen LogP contribution in [0.2, 0.25) is 5.02 Å². The molecule has 3 rings (SSSR count). The number of nitro groups is 1. The minimum Gasteiger partial charge on any atom is -0.480 e. The summed E-state index contributed by atoms with van der Waals surface area (Å²) in [6, 6.07) is 6.16. The number of nitro benzene ring substituents is 1. The summed E-state index contributed by atoms with van der Waals surface area (Å²) in [6.07, 6.45) is -0.884. The Labute approximate surface area is 164 Å². The fraction of sp³-hybridized carbons (Fsp3) is 0.263. The monoisotopic (exact) mass is 406 g/mol. The molecule has 0 heterocycles. The van der Waals surface area contributed by atoms with Crippen molar-refractivity contribution in [2.75, 3.05) is 5.32 Å². The molecule has 2 aromatic rings. The average molecular weight is 407 g/mol. The number of anilines is 1. The summed E-state index contributed by atoms with van der Waals surface area (Å²) in [4.78, 5) is 34.9. The van der Waals surface area contributed by atoms with Crippen LogP contribution in [0.15, 0.2) is 30.3 Å². The molecule has 1 amide bonds. The van der Waals surface area contributed by atoms with Crippen LogP contribution in [0.3, 0.4) is 0 Å². The molecule has 2 aromatic carbocycles. The van der Waals surface area contributed by atoms with Crippen LogP contribution in [0.4, 0.5) is 15.8 Å². The zero-order valence-electron chi connectivity index (χ0n) is 15.0. The van der Waals surface area contributed by atoms with Gasteiger partial charge in [-0.15, -0.1) is 0 Å². The first kappa shape index (κ1) is 19.8. The highest BCUT2D eigenvalue weighted by atomic mass is 35.5. The number of ether oxygens (including phenoxy) is 1. The van der Waals surface area contributed by atoms with E-state index < -0.39 is 22.8 Å². The van der Waals surface area contributed by atoms with Crippen molar-refractivity contribution in [1.29, 1.82) is 0 Å². The number of halogens is 2. The van der Waals surface area contributed by atoms with Crippen molar-refractivity contribution in [3.8, 4) is 5.75 Å². The van der Waals surface area contributed by atoms with Crippen molar-refractivity contribution in [3.05, 3.63) is 62.4 Å². The predicted octanol–water partition coefficient (Wildman–Crippen LogP) is 4.48. The van der Waals surface area contributed by atoms with E-state index in [4.69, 9.17) is 16.3 Å². The topological polar surface area (TPSA) is 98.5 Å². The van der Waals surface area contributed by atoms with Crippen LogP contribution < -0.4 is 10.1 Å². The second kappa shape index (κ2) is 7.55. The molecular weight excluding hydrogens is 391 g/mol. The van der Waals surface area contributed by atoms with Crippen molar-refractivity contribution in [1.82, 2.24) is 0 Å². The van der Waals surface area contributed by atoms with Crippen LogP contribution in [0, 0.1) is 15.9 Å². The molecule has 7 nitrogen and oxygen atoms in total. The molecule has 9 heteroatoms. The lowest BCUT2D eigenvalue weighted by molar-refractivity contribution is -0.384. The number of carbonyl (C=O) groups is 2. The Hall–Kier alpha value is -3.00. The Bertz CT molecular complexity index is 995. The Kier molecular flexibility index (Phi) is 5.33. The fourth-order valence-corrected chi connectivity index (χ4v) is 3.29. The molecule has 0 aromatic heterocycles. The largest absolute Gasteiger partial charge is 0.480 e. The second-order valence-electron chi connectivity index (χ2n) is 6.53. The number of carbonyl (C=O) groups excluding carboxylic acids is 2. The number of hydrogen-bond donors (Lipinski definition) is 1. The van der Waals surface area contributed by atoms with Gasteiger partial charge in [0.15, 0.2) is 11.9 Å². The molecule has 1 N–H and O–H groups in total. The molecule has 0 aliphatic heterocycles. The lowest BCUT2D eigenvalue weighted by Crippen LogP contribution is -2.30. The van der Waals surface area contributed by atoms with Crippen LogP contribution in [0.1, 0.15) is 42.1 Å². The highest BCUT2D eigenvalue weighted by molar-refractivity contribution is 6.33. The number of amides is 1. The van der Waals surface area contributed by atoms with E-state index in [0.717, 1.165) is 6.07 Å². The molecule has 28 heavy (non-hydrogen) atoms. The standard InChI is InChI=1S/C19H16ClFN2O5/c1-9-7-15(24)18-16(6-5-13(21)17(9)18)28-10(2)19(25)22-14-8-11(23(26)27)3-4-12(14)20/h3-6,8-10H,7H2,1-2H3,(H,22,25)/t9-,10-/m0/s1. The van der Waals surface area contributed by atoms with E-state index in [2.05, 4.69) is 5.32 Å². The van der Waals surface area contributed by atoms with Crippen molar-refractivity contribution >= 4 is 34.7 Å². The summed E-state index contributed by atoms with van der Waals surface area (Å²) in [5.74, 6) is -1.50. The van der Waals surface area contributed by atoms with Crippen LogP contribution in [-0.4, -0.2) is 22.7 Å². The number of fused-ring (bicyclic) bond motifs is 1. The van der Waals surface area contributed by atoms with Crippen molar-refractivity contribution in [2.45, 2.75) is 32.3 Å². The molecule has 0 spiro atoms. The molecule has 0 fully saturated rings. The van der Waals surface area contributed by atoms with Gasteiger partial charge < -0.3 is 10.1 Å². The van der Waals surface area contributed by atoms with Crippen molar-refractivity contribution < 1.29 is 23.6 Å². The molecule has 1 aliphatic carbocycles. The summed E-state index contributed by atoms with van der Waals surface area (Å²) in [5.41, 5.74) is 0.270. The van der Waals surface area contributed by atoms with Crippen molar-refractivity contribution in [3.63, 3.8) is 0 Å². The molecule has 0 saturated heterocycles. The van der Waals surface area contributed by atoms with E-state index in [-0.39, 0.29) is 51.4 Å². The van der Waals surface area contributed by atoms with E-state index in [1.807, 2.05) is 0 Å². The number of nitrogens with one attached hydrogen (secondary N) is 1. The lowest BCUT2D eigenvalue weighted by atomic mass is 10.0. The van der Waals surface area contributed by atoms with Crippen LogP contribution in [0.25, 0.3) is 0 Å². The molecule has 1 aliphatic rings. The van der Waals surface area contributed by atoms with Crippen LogP contribution >= 0.6 is 11.6 Å². The number of ketones is 1. The number of Topliss-reactive ketones (excluding diaryl/α,β-unsaturated/α-hetero) is 1. The first-order valence-electron chi connectivity index (χ1n) is 8.46. The maximum atomic E-state index is 14.1. The minimum absolute atomic E-state index is 0.0605. The first-order valence-corrected chi connectivity index (χ1v) is 8.84. The third-order valence-electron chi connectivity index (χ3n) is 4.51. The quantitative estimate of drug-likeness (QED) is 0.583.